The molecule has 1 heterocycles. The molecule has 0 N–H and O–H groups in total. The van der Waals surface area contributed by atoms with E-state index in [-0.39, 0.29) is 5.91 Å². The first kappa shape index (κ1) is 7.92. The maximum atomic E-state index is 10.9. The van der Waals surface area contributed by atoms with Gasteiger partial charge in [0.25, 0.3) is 0 Å². The lowest BCUT2D eigenvalue weighted by molar-refractivity contribution is -0.138. The minimum atomic E-state index is 0.155. The molecule has 1 aliphatic rings. The van der Waals surface area contributed by atoms with Crippen LogP contribution in [0.1, 0.15) is 13.8 Å². The lowest BCUT2D eigenvalue weighted by Crippen LogP contribution is -2.55. The Hall–Kier alpha value is -0.180. The molecule has 0 aromatic rings. The minimum absolute atomic E-state index is 0.155. The highest BCUT2D eigenvalue weighted by Crippen LogP contribution is 2.28. The molecule has 58 valence electrons. The van der Waals surface area contributed by atoms with Gasteiger partial charge in [-0.3, -0.25) is 4.79 Å². The largest absolute Gasteiger partial charge is 0.341 e. The Morgan fingerprint density at radius 1 is 1.60 bits per heavy atom. The van der Waals surface area contributed by atoms with Gasteiger partial charge in [-0.15, -0.1) is 0 Å². The van der Waals surface area contributed by atoms with E-state index in [0.717, 1.165) is 13.1 Å². The van der Waals surface area contributed by atoms with Crippen molar-refractivity contribution in [1.29, 1.82) is 0 Å². The van der Waals surface area contributed by atoms with Gasteiger partial charge < -0.3 is 4.90 Å². The molecule has 3 heteroatoms. The lowest BCUT2D eigenvalue weighted by atomic mass is 9.84. The Balaban J connectivity index is 2.33. The summed E-state index contributed by atoms with van der Waals surface area (Å²) in [5.74, 6) is 0.499. The Kier molecular flexibility index (Phi) is 1.95. The first-order valence-corrected chi connectivity index (χ1v) is 4.07. The second kappa shape index (κ2) is 2.46. The van der Waals surface area contributed by atoms with Crippen molar-refractivity contribution in [3.8, 4) is 0 Å². The topological polar surface area (TPSA) is 20.3 Å². The van der Waals surface area contributed by atoms with Gasteiger partial charge in [-0.05, 0) is 5.41 Å². The smallest absolute Gasteiger partial charge is 0.232 e. The Labute approximate surface area is 67.0 Å². The highest BCUT2D eigenvalue weighted by molar-refractivity contribution is 7.81. The fourth-order valence-electron chi connectivity index (χ4n) is 1.26. The van der Waals surface area contributed by atoms with Crippen LogP contribution in [0.25, 0.3) is 0 Å². The van der Waals surface area contributed by atoms with Crippen LogP contribution in [0.4, 0.5) is 0 Å². The predicted octanol–water partition coefficient (Wildman–Crippen LogP) is 0.785. The van der Waals surface area contributed by atoms with Crippen LogP contribution in [0.5, 0.6) is 0 Å². The highest BCUT2D eigenvalue weighted by atomic mass is 32.1. The molecule has 0 aliphatic carbocycles. The summed E-state index contributed by atoms with van der Waals surface area (Å²) in [6.07, 6.45) is 0. The van der Waals surface area contributed by atoms with Crippen molar-refractivity contribution >= 4 is 18.5 Å². The van der Waals surface area contributed by atoms with E-state index in [4.69, 9.17) is 0 Å². The molecule has 0 unspecified atom stereocenters. The molecule has 10 heavy (non-hydrogen) atoms. The zero-order chi connectivity index (χ0) is 7.78. The average molecular weight is 159 g/mol. The first-order valence-electron chi connectivity index (χ1n) is 3.44. The maximum absolute atomic E-state index is 10.9. The van der Waals surface area contributed by atoms with Gasteiger partial charge in [0, 0.05) is 13.1 Å². The van der Waals surface area contributed by atoms with Crippen LogP contribution in [0, 0.1) is 5.41 Å². The van der Waals surface area contributed by atoms with Gasteiger partial charge in [-0.1, -0.05) is 13.8 Å². The van der Waals surface area contributed by atoms with Gasteiger partial charge in [-0.25, -0.2) is 0 Å². The van der Waals surface area contributed by atoms with Crippen LogP contribution < -0.4 is 0 Å². The lowest BCUT2D eigenvalue weighted by Gasteiger charge is -2.45. The predicted molar refractivity (Wildman–Crippen MR) is 44.2 cm³/mol. The van der Waals surface area contributed by atoms with Crippen molar-refractivity contribution in [3.63, 3.8) is 0 Å². The molecule has 0 spiro atoms. The molecule has 1 saturated heterocycles. The highest BCUT2D eigenvalue weighted by Gasteiger charge is 2.36. The molecule has 2 nitrogen and oxygen atoms in total. The first-order chi connectivity index (χ1) is 4.55. The summed E-state index contributed by atoms with van der Waals surface area (Å²) < 4.78 is 0. The fraction of sp³-hybridized carbons (Fsp3) is 0.857. The van der Waals surface area contributed by atoms with Crippen molar-refractivity contribution < 1.29 is 4.79 Å². The molecule has 1 rings (SSSR count). The number of nitrogens with zero attached hydrogens (tertiary/aromatic N) is 1. The molecule has 0 aromatic heterocycles. The van der Waals surface area contributed by atoms with Crippen LogP contribution >= 0.6 is 12.6 Å². The summed E-state index contributed by atoms with van der Waals surface area (Å²) in [5.41, 5.74) is 0.346. The number of likely N-dealkylation sites (tertiary alicyclic amines) is 1. The van der Waals surface area contributed by atoms with E-state index in [1.165, 1.54) is 0 Å². The SMILES string of the molecule is CC1(C)CN(C(=O)CS)C1. The zero-order valence-electron chi connectivity index (χ0n) is 6.42. The number of hydrogen-bond donors (Lipinski definition) is 1. The van der Waals surface area contributed by atoms with Crippen molar-refractivity contribution in [3.05, 3.63) is 0 Å². The van der Waals surface area contributed by atoms with Crippen molar-refractivity contribution in [2.75, 3.05) is 18.8 Å². The Morgan fingerprint density at radius 3 is 2.40 bits per heavy atom. The molecule has 1 fully saturated rings. The van der Waals surface area contributed by atoms with Gasteiger partial charge in [0.15, 0.2) is 0 Å². The summed E-state index contributed by atoms with van der Waals surface area (Å²) in [5, 5.41) is 0. The molecule has 0 aromatic carbocycles. The second-order valence-corrected chi connectivity index (χ2v) is 3.89. The summed E-state index contributed by atoms with van der Waals surface area (Å²) in [4.78, 5) is 12.8. The van der Waals surface area contributed by atoms with Gasteiger partial charge in [0.05, 0.1) is 5.75 Å². The van der Waals surface area contributed by atoms with E-state index < -0.39 is 0 Å². The number of amides is 1. The maximum Gasteiger partial charge on any atom is 0.232 e. The normalized spacial score (nSPS) is 22.1. The summed E-state index contributed by atoms with van der Waals surface area (Å²) in [6, 6.07) is 0. The van der Waals surface area contributed by atoms with E-state index in [2.05, 4.69) is 26.5 Å². The van der Waals surface area contributed by atoms with Crippen molar-refractivity contribution in [1.82, 2.24) is 4.90 Å². The summed E-state index contributed by atoms with van der Waals surface area (Å²) in [6.45, 7) is 6.11. The van der Waals surface area contributed by atoms with Gasteiger partial charge in [-0.2, -0.15) is 12.6 Å². The van der Waals surface area contributed by atoms with E-state index in [1.54, 1.807) is 0 Å². The van der Waals surface area contributed by atoms with Crippen molar-refractivity contribution in [2.45, 2.75) is 13.8 Å². The number of rotatable bonds is 1. The molecule has 0 radical (unpaired) electrons. The minimum Gasteiger partial charge on any atom is -0.341 e. The van der Waals surface area contributed by atoms with Crippen LogP contribution in [-0.4, -0.2) is 29.6 Å². The number of hydrogen-bond acceptors (Lipinski definition) is 2. The molecular formula is C7H13NOS. The second-order valence-electron chi connectivity index (χ2n) is 3.57. The van der Waals surface area contributed by atoms with E-state index >= 15 is 0 Å². The quantitative estimate of drug-likeness (QED) is 0.561. The Bertz CT molecular complexity index is 148. The monoisotopic (exact) mass is 159 g/mol. The van der Waals surface area contributed by atoms with E-state index in [1.807, 2.05) is 4.90 Å². The van der Waals surface area contributed by atoms with Crippen LogP contribution in [0.15, 0.2) is 0 Å². The van der Waals surface area contributed by atoms with Crippen LogP contribution in [-0.2, 0) is 4.79 Å². The van der Waals surface area contributed by atoms with E-state index in [9.17, 15) is 4.79 Å². The fourth-order valence-corrected chi connectivity index (χ4v) is 1.46. The zero-order valence-corrected chi connectivity index (χ0v) is 7.32. The van der Waals surface area contributed by atoms with Gasteiger partial charge >= 0.3 is 0 Å². The number of carbonyl (C=O) groups excluding carboxylic acids is 1. The number of thiol groups is 1. The standard InChI is InChI=1S/C7H13NOS/c1-7(2)4-8(5-7)6(9)3-10/h10H,3-5H2,1-2H3. The molecule has 0 saturated carbocycles. The molecule has 1 aliphatic heterocycles. The summed E-state index contributed by atoms with van der Waals surface area (Å²) >= 11 is 3.91. The number of carbonyl (C=O) groups is 1. The molecule has 0 atom stereocenters. The Morgan fingerprint density at radius 2 is 2.10 bits per heavy atom. The third-order valence-corrected chi connectivity index (χ3v) is 2.00. The van der Waals surface area contributed by atoms with Gasteiger partial charge in [0.2, 0.25) is 5.91 Å². The molecular weight excluding hydrogens is 146 g/mol. The van der Waals surface area contributed by atoms with Crippen LogP contribution in [0.3, 0.4) is 0 Å². The molecule has 1 amide bonds. The summed E-state index contributed by atoms with van der Waals surface area (Å²) in [7, 11) is 0. The van der Waals surface area contributed by atoms with Crippen LogP contribution in [0.2, 0.25) is 0 Å². The van der Waals surface area contributed by atoms with E-state index in [0.29, 0.717) is 11.2 Å². The third kappa shape index (κ3) is 1.45. The average Bonchev–Trinajstić information content (AvgIpc) is 1.81. The van der Waals surface area contributed by atoms with Crippen molar-refractivity contribution in [2.24, 2.45) is 5.41 Å². The third-order valence-electron chi connectivity index (χ3n) is 1.73. The van der Waals surface area contributed by atoms with Gasteiger partial charge in [0.1, 0.15) is 0 Å². The molecule has 0 bridgehead atoms.